The third-order valence-corrected chi connectivity index (χ3v) is 4.37. The molecule has 6 nitrogen and oxygen atoms in total. The molecule has 0 bridgehead atoms. The minimum atomic E-state index is -4.67. The maximum Gasteiger partial charge on any atom is 0.453 e. The third kappa shape index (κ3) is 5.08. The summed E-state index contributed by atoms with van der Waals surface area (Å²) in [4.78, 5) is 0. The van der Waals surface area contributed by atoms with Crippen molar-refractivity contribution in [3.05, 3.63) is 58.8 Å². The molecule has 0 amide bonds. The van der Waals surface area contributed by atoms with Crippen LogP contribution in [0.25, 0.3) is 0 Å². The smallest absolute Gasteiger partial charge is 0.453 e. The molecule has 28 heavy (non-hydrogen) atoms. The van der Waals surface area contributed by atoms with Crippen LogP contribution in [-0.2, 0) is 12.8 Å². The topological polar surface area (TPSA) is 65.4 Å². The van der Waals surface area contributed by atoms with Gasteiger partial charge in [-0.2, -0.15) is 22.9 Å². The van der Waals surface area contributed by atoms with Crippen molar-refractivity contribution in [2.45, 2.75) is 24.9 Å². The van der Waals surface area contributed by atoms with E-state index in [4.69, 9.17) is 20.8 Å². The van der Waals surface area contributed by atoms with Crippen LogP contribution in [0.5, 0.6) is 5.75 Å². The molecule has 2 heterocycles. The molecule has 148 valence electrons. The van der Waals surface area contributed by atoms with Crippen LogP contribution in [0.4, 0.5) is 13.2 Å². The van der Waals surface area contributed by atoms with E-state index >= 15 is 0 Å². The highest BCUT2D eigenvalue weighted by Crippen LogP contribution is 2.30. The van der Waals surface area contributed by atoms with Crippen molar-refractivity contribution in [3.63, 3.8) is 0 Å². The predicted octanol–water partition coefficient (Wildman–Crippen LogP) is 5.12. The molecule has 0 aliphatic carbocycles. The number of ether oxygens (including phenoxy) is 1. The first-order valence-electron chi connectivity index (χ1n) is 8.03. The summed E-state index contributed by atoms with van der Waals surface area (Å²) in [6.07, 6.45) is -3.50. The Morgan fingerprint density at radius 1 is 1.21 bits per heavy atom. The fourth-order valence-electron chi connectivity index (χ4n) is 2.11. The van der Waals surface area contributed by atoms with E-state index in [1.807, 2.05) is 0 Å². The summed E-state index contributed by atoms with van der Waals surface area (Å²) in [6, 6.07) is 10.0. The summed E-state index contributed by atoms with van der Waals surface area (Å²) in [7, 11) is 0. The molecule has 0 unspecified atom stereocenters. The Morgan fingerprint density at radius 2 is 1.96 bits per heavy atom. The molecule has 0 radical (unpaired) electrons. The van der Waals surface area contributed by atoms with E-state index < -0.39 is 12.0 Å². The van der Waals surface area contributed by atoms with E-state index in [1.54, 1.807) is 43.3 Å². The molecule has 3 rings (SSSR count). The van der Waals surface area contributed by atoms with Gasteiger partial charge in [0.05, 0.1) is 6.21 Å². The van der Waals surface area contributed by atoms with E-state index in [1.165, 1.54) is 6.21 Å². The van der Waals surface area contributed by atoms with Crippen LogP contribution in [-0.4, -0.2) is 26.8 Å². The fourth-order valence-corrected chi connectivity index (χ4v) is 2.85. The Hall–Kier alpha value is -2.46. The van der Waals surface area contributed by atoms with Crippen LogP contribution in [0, 0.1) is 0 Å². The van der Waals surface area contributed by atoms with E-state index in [0.29, 0.717) is 27.0 Å². The molecule has 2 aromatic heterocycles. The first kappa shape index (κ1) is 20.3. The summed E-state index contributed by atoms with van der Waals surface area (Å²) in [5.74, 6) is 0.691. The van der Waals surface area contributed by atoms with E-state index in [-0.39, 0.29) is 17.5 Å². The maximum atomic E-state index is 13.1. The molecule has 0 fully saturated rings. The van der Waals surface area contributed by atoms with Gasteiger partial charge in [-0.15, -0.1) is 10.2 Å². The van der Waals surface area contributed by atoms with Gasteiger partial charge in [0.25, 0.3) is 5.82 Å². The molecule has 0 aliphatic rings. The molecule has 0 saturated carbocycles. The monoisotopic (exact) mass is 430 g/mol. The molecule has 11 heteroatoms. The zero-order chi connectivity index (χ0) is 20.1. The van der Waals surface area contributed by atoms with Crippen LogP contribution in [0.3, 0.4) is 0 Å². The average Bonchev–Trinajstić information content (AvgIpc) is 3.26. The second kappa shape index (κ2) is 8.70. The number of aromatic nitrogens is 3. The Morgan fingerprint density at radius 3 is 2.64 bits per heavy atom. The Labute approximate surface area is 167 Å². The molecule has 3 aromatic rings. The number of benzene rings is 1. The zero-order valence-corrected chi connectivity index (χ0v) is 16.1. The molecule has 0 atom stereocenters. The number of rotatable bonds is 7. The molecular weight excluding hydrogens is 417 g/mol. The second-order valence-electron chi connectivity index (χ2n) is 5.34. The van der Waals surface area contributed by atoms with Gasteiger partial charge in [0, 0.05) is 5.02 Å². The lowest BCUT2D eigenvalue weighted by molar-refractivity contribution is -0.147. The third-order valence-electron chi connectivity index (χ3n) is 3.32. The normalized spacial score (nSPS) is 12.0. The summed E-state index contributed by atoms with van der Waals surface area (Å²) in [5.41, 5.74) is 0. The van der Waals surface area contributed by atoms with Gasteiger partial charge < -0.3 is 9.15 Å². The van der Waals surface area contributed by atoms with Crippen molar-refractivity contribution in [2.24, 2.45) is 5.10 Å². The van der Waals surface area contributed by atoms with Crippen LogP contribution in [0.2, 0.25) is 5.02 Å². The Bertz CT molecular complexity index is 954. The van der Waals surface area contributed by atoms with Crippen molar-refractivity contribution in [2.75, 3.05) is 5.75 Å². The van der Waals surface area contributed by atoms with Gasteiger partial charge in [0.2, 0.25) is 5.16 Å². The lowest BCUT2D eigenvalue weighted by Gasteiger charge is -2.05. The second-order valence-corrected chi connectivity index (χ2v) is 7.01. The fraction of sp³-hybridized carbons (Fsp3) is 0.235. The van der Waals surface area contributed by atoms with Crippen molar-refractivity contribution in [1.82, 2.24) is 14.9 Å². The van der Waals surface area contributed by atoms with Gasteiger partial charge >= 0.3 is 6.18 Å². The Kier molecular flexibility index (Phi) is 6.30. The maximum absolute atomic E-state index is 13.1. The van der Waals surface area contributed by atoms with E-state index in [2.05, 4.69) is 15.3 Å². The van der Waals surface area contributed by atoms with Crippen molar-refractivity contribution in [1.29, 1.82) is 0 Å². The lowest BCUT2D eigenvalue weighted by Crippen LogP contribution is -2.13. The first-order valence-corrected chi connectivity index (χ1v) is 9.40. The van der Waals surface area contributed by atoms with Gasteiger partial charge in [0.15, 0.2) is 0 Å². The number of thioether (sulfide) groups is 1. The predicted molar refractivity (Wildman–Crippen MR) is 98.9 cm³/mol. The molecule has 0 spiro atoms. The van der Waals surface area contributed by atoms with Crippen molar-refractivity contribution in [3.8, 4) is 5.75 Å². The standard InChI is InChI=1S/C17H14ClF3N4O2S/c1-2-28-16-24-23-15(17(19,20)21)25(16)22-9-13-7-8-14(27-13)10-26-12-5-3-11(18)4-6-12/h3-9H,2,10H2,1H3. The van der Waals surface area contributed by atoms with Crippen molar-refractivity contribution < 1.29 is 22.3 Å². The number of halogens is 4. The van der Waals surface area contributed by atoms with Gasteiger partial charge in [-0.3, -0.25) is 0 Å². The number of hydrogen-bond acceptors (Lipinski definition) is 6. The van der Waals surface area contributed by atoms with Gasteiger partial charge in [0.1, 0.15) is 23.9 Å². The largest absolute Gasteiger partial charge is 0.486 e. The van der Waals surface area contributed by atoms with Crippen molar-refractivity contribution >= 4 is 29.6 Å². The van der Waals surface area contributed by atoms with Gasteiger partial charge in [-0.05, 0) is 42.2 Å². The molecule has 0 aliphatic heterocycles. The molecule has 1 aromatic carbocycles. The summed E-state index contributed by atoms with van der Waals surface area (Å²) >= 11 is 6.91. The quantitative estimate of drug-likeness (QED) is 0.384. The number of hydrogen-bond donors (Lipinski definition) is 0. The SMILES string of the molecule is CCSc1nnc(C(F)(F)F)n1N=Cc1ccc(COc2ccc(Cl)cc2)o1. The number of alkyl halides is 3. The summed E-state index contributed by atoms with van der Waals surface area (Å²) < 4.78 is 50.9. The van der Waals surface area contributed by atoms with Crippen LogP contribution in [0.1, 0.15) is 24.3 Å². The van der Waals surface area contributed by atoms with Gasteiger partial charge in [-0.1, -0.05) is 30.3 Å². The lowest BCUT2D eigenvalue weighted by atomic mass is 10.3. The highest BCUT2D eigenvalue weighted by Gasteiger charge is 2.38. The molecular formula is C17H14ClF3N4O2S. The van der Waals surface area contributed by atoms with E-state index in [9.17, 15) is 13.2 Å². The average molecular weight is 431 g/mol. The molecule has 0 saturated heterocycles. The minimum Gasteiger partial charge on any atom is -0.486 e. The minimum absolute atomic E-state index is 0.0453. The highest BCUT2D eigenvalue weighted by atomic mass is 35.5. The zero-order valence-electron chi connectivity index (χ0n) is 14.5. The summed E-state index contributed by atoms with van der Waals surface area (Å²) in [5, 5.41) is 11.2. The number of nitrogens with zero attached hydrogens (tertiary/aromatic N) is 4. The summed E-state index contributed by atoms with van der Waals surface area (Å²) in [6.45, 7) is 1.94. The van der Waals surface area contributed by atoms with Crippen LogP contribution >= 0.6 is 23.4 Å². The van der Waals surface area contributed by atoms with Crippen LogP contribution in [0.15, 0.2) is 51.1 Å². The highest BCUT2D eigenvalue weighted by molar-refractivity contribution is 7.99. The first-order chi connectivity index (χ1) is 13.4. The number of furan rings is 1. The van der Waals surface area contributed by atoms with E-state index in [0.717, 1.165) is 11.8 Å². The Balaban J connectivity index is 1.71. The van der Waals surface area contributed by atoms with Crippen LogP contribution < -0.4 is 4.74 Å². The molecule has 0 N–H and O–H groups in total. The van der Waals surface area contributed by atoms with Gasteiger partial charge in [-0.25, -0.2) is 0 Å².